The van der Waals surface area contributed by atoms with E-state index < -0.39 is 12.1 Å². The molecule has 0 spiro atoms. The van der Waals surface area contributed by atoms with Gasteiger partial charge in [-0.2, -0.15) is 13.2 Å². The highest BCUT2D eigenvalue weighted by Gasteiger charge is 2.38. The molecule has 0 radical (unpaired) electrons. The Bertz CT molecular complexity index is 944. The normalized spacial score (nSPS) is 12.1. The van der Waals surface area contributed by atoms with Gasteiger partial charge >= 0.3 is 12.1 Å². The van der Waals surface area contributed by atoms with Crippen molar-refractivity contribution in [3.05, 3.63) is 41.3 Å². The molecule has 0 aliphatic heterocycles. The summed E-state index contributed by atoms with van der Waals surface area (Å²) in [5.74, 6) is -0.937. The minimum absolute atomic E-state index is 0.0455. The van der Waals surface area contributed by atoms with Crippen molar-refractivity contribution in [2.45, 2.75) is 45.5 Å². The van der Waals surface area contributed by atoms with Crippen LogP contribution in [0.5, 0.6) is 11.5 Å². The van der Waals surface area contributed by atoms with Gasteiger partial charge in [0.25, 0.3) is 5.91 Å². The Hall–Kier alpha value is -3.28. The highest BCUT2D eigenvalue weighted by Crippen LogP contribution is 2.29. The SMILES string of the molecule is COc1ccc(C(=O)NCc2cc(C(C)C)no2)cc1OC(C)CN(C)C.O=C(O)C(F)(F)F. The topological polar surface area (TPSA) is 114 Å². The molecule has 1 amide bonds. The summed E-state index contributed by atoms with van der Waals surface area (Å²) in [6, 6.07) is 6.99. The number of alkyl halides is 3. The molecule has 1 aromatic heterocycles. The number of nitrogens with one attached hydrogen (secondary N) is 1. The Morgan fingerprint density at radius 1 is 1.18 bits per heavy atom. The van der Waals surface area contributed by atoms with Crippen molar-refractivity contribution in [2.24, 2.45) is 0 Å². The smallest absolute Gasteiger partial charge is 0.490 e. The molecule has 2 rings (SSSR count). The zero-order valence-corrected chi connectivity index (χ0v) is 19.9. The number of hydrogen-bond acceptors (Lipinski definition) is 7. The number of rotatable bonds is 9. The lowest BCUT2D eigenvalue weighted by Crippen LogP contribution is -2.28. The largest absolute Gasteiger partial charge is 0.493 e. The highest BCUT2D eigenvalue weighted by molar-refractivity contribution is 5.94. The van der Waals surface area contributed by atoms with Gasteiger partial charge in [0, 0.05) is 18.2 Å². The number of benzene rings is 1. The molecule has 1 atom stereocenters. The maximum absolute atomic E-state index is 12.5. The molecule has 2 aromatic rings. The van der Waals surface area contributed by atoms with E-state index in [1.807, 2.05) is 45.8 Å². The standard InChI is InChI=1S/C20H29N3O4.C2HF3O2/c1-13(2)17-10-16(27-22-17)11-21-20(24)15-7-8-18(25-6)19(9-15)26-14(3)12-23(4)5;3-2(4,5)1(6)7/h7-10,13-14H,11-12H2,1-6H3,(H,21,24);(H,6,7). The number of nitrogens with zero attached hydrogens (tertiary/aromatic N) is 2. The summed E-state index contributed by atoms with van der Waals surface area (Å²) in [7, 11) is 5.54. The van der Waals surface area contributed by atoms with Crippen LogP contribution in [0, 0.1) is 0 Å². The molecule has 9 nitrogen and oxygen atoms in total. The lowest BCUT2D eigenvalue weighted by Gasteiger charge is -2.20. The van der Waals surface area contributed by atoms with E-state index in [1.165, 1.54) is 0 Å². The van der Waals surface area contributed by atoms with Crippen molar-refractivity contribution < 1.29 is 41.9 Å². The Kier molecular flexibility index (Phi) is 10.8. The molecule has 0 saturated heterocycles. The first kappa shape index (κ1) is 28.8. The first-order valence-electron chi connectivity index (χ1n) is 10.3. The number of halogens is 3. The third-order valence-electron chi connectivity index (χ3n) is 4.21. The number of methoxy groups -OCH3 is 1. The summed E-state index contributed by atoms with van der Waals surface area (Å²) in [5, 5.41) is 14.0. The van der Waals surface area contributed by atoms with E-state index in [1.54, 1.807) is 25.3 Å². The van der Waals surface area contributed by atoms with Crippen LogP contribution in [0.15, 0.2) is 28.8 Å². The number of aromatic nitrogens is 1. The predicted octanol–water partition coefficient (Wildman–Crippen LogP) is 3.70. The van der Waals surface area contributed by atoms with E-state index in [0.29, 0.717) is 22.8 Å². The van der Waals surface area contributed by atoms with Crippen LogP contribution in [0.4, 0.5) is 13.2 Å². The third-order valence-corrected chi connectivity index (χ3v) is 4.21. The second kappa shape index (κ2) is 12.8. The number of ether oxygens (including phenoxy) is 2. The van der Waals surface area contributed by atoms with Gasteiger partial charge < -0.3 is 29.3 Å². The van der Waals surface area contributed by atoms with E-state index in [-0.39, 0.29) is 24.5 Å². The van der Waals surface area contributed by atoms with Crippen molar-refractivity contribution in [3.63, 3.8) is 0 Å². The molecule has 0 aliphatic carbocycles. The number of likely N-dealkylation sites (N-methyl/N-ethyl adjacent to an activating group) is 1. The summed E-state index contributed by atoms with van der Waals surface area (Å²) >= 11 is 0. The second-order valence-corrected chi connectivity index (χ2v) is 7.91. The fourth-order valence-corrected chi connectivity index (χ4v) is 2.63. The Morgan fingerprint density at radius 2 is 1.79 bits per heavy atom. The van der Waals surface area contributed by atoms with Crippen LogP contribution in [0.1, 0.15) is 48.5 Å². The summed E-state index contributed by atoms with van der Waals surface area (Å²) in [5.41, 5.74) is 1.36. The quantitative estimate of drug-likeness (QED) is 0.548. The van der Waals surface area contributed by atoms with Crippen LogP contribution in [0.25, 0.3) is 0 Å². The Morgan fingerprint density at radius 3 is 2.26 bits per heavy atom. The summed E-state index contributed by atoms with van der Waals surface area (Å²) < 4.78 is 48.3. The van der Waals surface area contributed by atoms with Gasteiger partial charge in [0.05, 0.1) is 19.3 Å². The molecule has 190 valence electrons. The molecule has 34 heavy (non-hydrogen) atoms. The van der Waals surface area contributed by atoms with E-state index in [0.717, 1.165) is 12.2 Å². The van der Waals surface area contributed by atoms with Crippen LogP contribution >= 0.6 is 0 Å². The van der Waals surface area contributed by atoms with Gasteiger partial charge in [0.15, 0.2) is 17.3 Å². The summed E-state index contributed by atoms with van der Waals surface area (Å²) in [6.07, 6.45) is -5.13. The zero-order chi connectivity index (χ0) is 26.1. The van der Waals surface area contributed by atoms with Gasteiger partial charge in [-0.25, -0.2) is 4.79 Å². The maximum atomic E-state index is 12.5. The van der Waals surface area contributed by atoms with Gasteiger partial charge in [0.1, 0.15) is 6.10 Å². The van der Waals surface area contributed by atoms with Crippen LogP contribution in [0.3, 0.4) is 0 Å². The molecule has 12 heteroatoms. The Balaban J connectivity index is 0.000000718. The maximum Gasteiger partial charge on any atom is 0.490 e. The number of amides is 1. The second-order valence-electron chi connectivity index (χ2n) is 7.91. The first-order chi connectivity index (χ1) is 15.7. The fraction of sp³-hybridized carbons (Fsp3) is 0.500. The first-order valence-corrected chi connectivity index (χ1v) is 10.3. The van der Waals surface area contributed by atoms with Crippen LogP contribution in [-0.2, 0) is 11.3 Å². The lowest BCUT2D eigenvalue weighted by atomic mass is 10.1. The van der Waals surface area contributed by atoms with Crippen molar-refractivity contribution >= 4 is 11.9 Å². The van der Waals surface area contributed by atoms with E-state index >= 15 is 0 Å². The monoisotopic (exact) mass is 489 g/mol. The van der Waals surface area contributed by atoms with Gasteiger partial charge in [0.2, 0.25) is 0 Å². The molecule has 1 aromatic carbocycles. The minimum Gasteiger partial charge on any atom is -0.493 e. The number of hydrogen-bond donors (Lipinski definition) is 2. The molecule has 1 heterocycles. The molecule has 2 N–H and O–H groups in total. The van der Waals surface area contributed by atoms with E-state index in [2.05, 4.69) is 10.5 Å². The highest BCUT2D eigenvalue weighted by atomic mass is 19.4. The van der Waals surface area contributed by atoms with Crippen molar-refractivity contribution in [2.75, 3.05) is 27.7 Å². The number of carbonyl (C=O) groups is 2. The fourth-order valence-electron chi connectivity index (χ4n) is 2.63. The average Bonchev–Trinajstić information content (AvgIpc) is 3.20. The number of carboxylic acid groups (broad SMARTS) is 1. The molecule has 0 fully saturated rings. The average molecular weight is 489 g/mol. The van der Waals surface area contributed by atoms with Crippen LogP contribution in [0.2, 0.25) is 0 Å². The zero-order valence-electron chi connectivity index (χ0n) is 19.9. The van der Waals surface area contributed by atoms with Crippen LogP contribution < -0.4 is 14.8 Å². The van der Waals surface area contributed by atoms with E-state index in [9.17, 15) is 18.0 Å². The van der Waals surface area contributed by atoms with E-state index in [4.69, 9.17) is 23.9 Å². The third kappa shape index (κ3) is 9.69. The van der Waals surface area contributed by atoms with Crippen LogP contribution in [-0.4, -0.2) is 67.1 Å². The van der Waals surface area contributed by atoms with Gasteiger partial charge in [-0.1, -0.05) is 19.0 Å². The molecule has 0 bridgehead atoms. The molecule has 1 unspecified atom stereocenters. The van der Waals surface area contributed by atoms with Crippen molar-refractivity contribution in [1.82, 2.24) is 15.4 Å². The Labute approximate surface area is 195 Å². The lowest BCUT2D eigenvalue weighted by molar-refractivity contribution is -0.192. The summed E-state index contributed by atoms with van der Waals surface area (Å²) in [4.78, 5) is 23.4. The number of carbonyl (C=O) groups excluding carboxylic acids is 1. The minimum atomic E-state index is -5.08. The molecular formula is C22H30F3N3O6. The molecular weight excluding hydrogens is 459 g/mol. The van der Waals surface area contributed by atoms with Gasteiger partial charge in [-0.15, -0.1) is 0 Å². The predicted molar refractivity (Wildman–Crippen MR) is 117 cm³/mol. The summed E-state index contributed by atoms with van der Waals surface area (Å²) in [6.45, 7) is 7.08. The molecule has 0 saturated carbocycles. The molecule has 0 aliphatic rings. The van der Waals surface area contributed by atoms with Gasteiger partial charge in [-0.05, 0) is 45.1 Å². The van der Waals surface area contributed by atoms with Gasteiger partial charge in [-0.3, -0.25) is 4.79 Å². The van der Waals surface area contributed by atoms with Crippen molar-refractivity contribution in [3.8, 4) is 11.5 Å². The van der Waals surface area contributed by atoms with Crippen molar-refractivity contribution in [1.29, 1.82) is 0 Å². The number of aliphatic carboxylic acids is 1. The number of carboxylic acids is 1.